The fourth-order valence-corrected chi connectivity index (χ4v) is 2.07. The Labute approximate surface area is 157 Å². The Bertz CT molecular complexity index is 672. The van der Waals surface area contributed by atoms with Crippen LogP contribution in [0.1, 0.15) is 32.8 Å². The molecule has 9 heteroatoms. The molecule has 0 saturated heterocycles. The molecule has 0 bridgehead atoms. The summed E-state index contributed by atoms with van der Waals surface area (Å²) < 4.78 is 10.00. The zero-order chi connectivity index (χ0) is 20.8. The number of hydrogen-bond donors (Lipinski definition) is 4. The second-order valence-electron chi connectivity index (χ2n) is 7.17. The number of ether oxygens (including phenoxy) is 2. The molecule has 0 amide bonds. The second-order valence-corrected chi connectivity index (χ2v) is 7.17. The largest absolute Gasteiger partial charge is 0.479 e. The maximum atomic E-state index is 12.2. The smallest absolute Gasteiger partial charge is 0.338 e. The average Bonchev–Trinajstić information content (AvgIpc) is 2.57. The van der Waals surface area contributed by atoms with Gasteiger partial charge in [-0.05, 0) is 26.3 Å². The quantitative estimate of drug-likeness (QED) is 0.356. The number of carboxylic acids is 1. The van der Waals surface area contributed by atoms with Crippen LogP contribution in [0.4, 0.5) is 0 Å². The molecule has 0 heterocycles. The van der Waals surface area contributed by atoms with E-state index in [9.17, 15) is 24.6 Å². The van der Waals surface area contributed by atoms with Gasteiger partial charge in [0.15, 0.2) is 0 Å². The maximum Gasteiger partial charge on any atom is 0.338 e. The maximum absolute atomic E-state index is 12.2. The van der Waals surface area contributed by atoms with Crippen molar-refractivity contribution in [3.63, 3.8) is 0 Å². The Kier molecular flexibility index (Phi) is 7.46. The number of hydrogen-bond acceptors (Lipinski definition) is 8. The normalized spacial score (nSPS) is 15.9. The van der Waals surface area contributed by atoms with Crippen molar-refractivity contribution in [2.75, 3.05) is 0 Å². The highest BCUT2D eigenvalue weighted by Crippen LogP contribution is 2.19. The molecule has 6 N–H and O–H groups in total. The van der Waals surface area contributed by atoms with Crippen LogP contribution in [0.2, 0.25) is 0 Å². The zero-order valence-electron chi connectivity index (χ0n) is 15.5. The number of carbonyl (C=O) groups is 3. The van der Waals surface area contributed by atoms with Crippen molar-refractivity contribution < 1.29 is 34.1 Å². The first kappa shape index (κ1) is 22.6. The van der Waals surface area contributed by atoms with Crippen molar-refractivity contribution in [2.45, 2.75) is 57.1 Å². The lowest BCUT2D eigenvalue weighted by Gasteiger charge is -2.30. The van der Waals surface area contributed by atoms with Gasteiger partial charge in [-0.2, -0.15) is 0 Å². The van der Waals surface area contributed by atoms with Gasteiger partial charge in [0.1, 0.15) is 18.2 Å². The van der Waals surface area contributed by atoms with Crippen LogP contribution >= 0.6 is 0 Å². The summed E-state index contributed by atoms with van der Waals surface area (Å²) in [6.45, 7) is 4.54. The van der Waals surface area contributed by atoms with Crippen LogP contribution in [-0.4, -0.2) is 51.4 Å². The molecule has 3 atom stereocenters. The molecule has 27 heavy (non-hydrogen) atoms. The number of nitrogens with two attached hydrogens (primary N) is 2. The van der Waals surface area contributed by atoms with Gasteiger partial charge in [0.05, 0.1) is 6.10 Å². The van der Waals surface area contributed by atoms with Crippen LogP contribution in [0.25, 0.3) is 0 Å². The minimum atomic E-state index is -2.57. The number of rotatable bonds is 8. The molecule has 9 nitrogen and oxygen atoms in total. The van der Waals surface area contributed by atoms with Crippen molar-refractivity contribution in [3.8, 4) is 0 Å². The van der Waals surface area contributed by atoms with Crippen LogP contribution in [0, 0.1) is 0 Å². The van der Waals surface area contributed by atoms with E-state index >= 15 is 0 Å². The SMILES string of the molecule is CC(C)(C)OC(=O)[C@](N)(CC(O)C(N)C(=O)OCc1ccccc1)C(=O)O. The van der Waals surface area contributed by atoms with Gasteiger partial charge in [-0.3, -0.25) is 4.79 Å². The van der Waals surface area contributed by atoms with E-state index in [4.69, 9.17) is 20.9 Å². The number of benzene rings is 1. The first-order chi connectivity index (χ1) is 12.4. The van der Waals surface area contributed by atoms with Gasteiger partial charge in [0.25, 0.3) is 0 Å². The van der Waals surface area contributed by atoms with Crippen LogP contribution in [-0.2, 0) is 30.5 Å². The Morgan fingerprint density at radius 1 is 1.15 bits per heavy atom. The van der Waals surface area contributed by atoms with E-state index in [-0.39, 0.29) is 6.61 Å². The van der Waals surface area contributed by atoms with Crippen molar-refractivity contribution in [1.29, 1.82) is 0 Å². The van der Waals surface area contributed by atoms with Crippen molar-refractivity contribution >= 4 is 17.9 Å². The fourth-order valence-electron chi connectivity index (χ4n) is 2.07. The molecule has 0 aliphatic carbocycles. The molecular formula is C18H26N2O7. The number of aliphatic hydroxyl groups is 1. The zero-order valence-corrected chi connectivity index (χ0v) is 15.5. The number of aliphatic hydroxyl groups excluding tert-OH is 1. The standard InChI is InChI=1S/C18H26N2O7/c1-17(2,3)27-16(25)18(20,15(23)24)9-12(21)13(19)14(22)26-10-11-7-5-4-6-8-11/h4-8,12-13,21H,9-10,19-20H2,1-3H3,(H,23,24)/t12?,13?,18-/m0/s1. The van der Waals surface area contributed by atoms with Crippen molar-refractivity contribution in [2.24, 2.45) is 11.5 Å². The van der Waals surface area contributed by atoms with E-state index < -0.39 is 47.6 Å². The molecule has 1 aromatic rings. The highest BCUT2D eigenvalue weighted by atomic mass is 16.6. The number of carbonyl (C=O) groups excluding carboxylic acids is 2. The average molecular weight is 382 g/mol. The minimum Gasteiger partial charge on any atom is -0.479 e. The van der Waals surface area contributed by atoms with Crippen LogP contribution in [0.15, 0.2) is 30.3 Å². The first-order valence-corrected chi connectivity index (χ1v) is 8.27. The van der Waals surface area contributed by atoms with E-state index in [1.807, 2.05) is 0 Å². The van der Waals surface area contributed by atoms with E-state index in [1.165, 1.54) is 20.8 Å². The van der Waals surface area contributed by atoms with E-state index in [0.717, 1.165) is 0 Å². The predicted octanol–water partition coefficient (Wildman–Crippen LogP) is -0.0681. The topological polar surface area (TPSA) is 162 Å². The Balaban J connectivity index is 2.76. The molecule has 0 spiro atoms. The Morgan fingerprint density at radius 3 is 2.19 bits per heavy atom. The highest BCUT2D eigenvalue weighted by Gasteiger charge is 2.48. The summed E-state index contributed by atoms with van der Waals surface area (Å²) in [7, 11) is 0. The summed E-state index contributed by atoms with van der Waals surface area (Å²) in [4.78, 5) is 35.7. The van der Waals surface area contributed by atoms with Gasteiger partial charge in [0.2, 0.25) is 5.54 Å². The third-order valence-corrected chi connectivity index (χ3v) is 3.59. The predicted molar refractivity (Wildman–Crippen MR) is 95.2 cm³/mol. The molecule has 0 saturated carbocycles. The fraction of sp³-hybridized carbons (Fsp3) is 0.500. The van der Waals surface area contributed by atoms with E-state index in [0.29, 0.717) is 5.56 Å². The second kappa shape index (κ2) is 8.94. The van der Waals surface area contributed by atoms with Gasteiger partial charge >= 0.3 is 17.9 Å². The molecule has 0 aliphatic heterocycles. The summed E-state index contributed by atoms with van der Waals surface area (Å²) in [6, 6.07) is 7.19. The highest BCUT2D eigenvalue weighted by molar-refractivity contribution is 6.04. The van der Waals surface area contributed by atoms with E-state index in [1.54, 1.807) is 30.3 Å². The van der Waals surface area contributed by atoms with Gasteiger partial charge in [-0.25, -0.2) is 9.59 Å². The number of esters is 2. The number of carboxylic acid groups (broad SMARTS) is 1. The lowest BCUT2D eigenvalue weighted by Crippen LogP contribution is -2.61. The third-order valence-electron chi connectivity index (χ3n) is 3.59. The molecule has 1 rings (SSSR count). The Morgan fingerprint density at radius 2 is 1.70 bits per heavy atom. The summed E-state index contributed by atoms with van der Waals surface area (Å²) >= 11 is 0. The van der Waals surface area contributed by atoms with Gasteiger partial charge < -0.3 is 31.2 Å². The van der Waals surface area contributed by atoms with Crippen molar-refractivity contribution in [3.05, 3.63) is 35.9 Å². The minimum absolute atomic E-state index is 0.0706. The van der Waals surface area contributed by atoms with Crippen molar-refractivity contribution in [1.82, 2.24) is 0 Å². The molecule has 0 aliphatic rings. The van der Waals surface area contributed by atoms with Crippen LogP contribution < -0.4 is 11.5 Å². The molecule has 0 aromatic heterocycles. The van der Waals surface area contributed by atoms with Crippen LogP contribution in [0.3, 0.4) is 0 Å². The summed E-state index contributed by atoms with van der Waals surface area (Å²) in [5.41, 5.74) is 8.44. The molecule has 150 valence electrons. The molecule has 2 unspecified atom stereocenters. The molecule has 0 fully saturated rings. The molecule has 0 radical (unpaired) electrons. The Hall–Kier alpha value is -2.49. The monoisotopic (exact) mass is 382 g/mol. The summed E-state index contributed by atoms with van der Waals surface area (Å²) in [6.07, 6.45) is -2.55. The van der Waals surface area contributed by atoms with Gasteiger partial charge in [-0.15, -0.1) is 0 Å². The van der Waals surface area contributed by atoms with Crippen LogP contribution in [0.5, 0.6) is 0 Å². The summed E-state index contributed by atoms with van der Waals surface area (Å²) in [5, 5.41) is 19.5. The number of aliphatic carboxylic acids is 1. The lowest BCUT2D eigenvalue weighted by molar-refractivity contribution is -0.172. The van der Waals surface area contributed by atoms with Gasteiger partial charge in [0, 0.05) is 6.42 Å². The molecule has 1 aromatic carbocycles. The molecular weight excluding hydrogens is 356 g/mol. The third kappa shape index (κ3) is 6.63. The lowest BCUT2D eigenvalue weighted by atomic mass is 9.90. The van der Waals surface area contributed by atoms with Gasteiger partial charge in [-0.1, -0.05) is 30.3 Å². The van der Waals surface area contributed by atoms with E-state index in [2.05, 4.69) is 0 Å². The first-order valence-electron chi connectivity index (χ1n) is 8.27. The summed E-state index contributed by atoms with van der Waals surface area (Å²) in [5.74, 6) is -3.91.